The molecule has 1 saturated heterocycles. The number of nitrogens with zero attached hydrogens (tertiary/aromatic N) is 4. The molecule has 2 N–H and O–H groups in total. The molecule has 0 unspecified atom stereocenters. The Morgan fingerprint density at radius 3 is 1.94 bits per heavy atom. The maximum Gasteiger partial charge on any atom is 0.326 e. The Balaban J connectivity index is 1.66. The number of aliphatic imine (C=N–C) groups is 1. The van der Waals surface area contributed by atoms with Crippen LogP contribution in [0, 0.1) is 0 Å². The molecular formula is C39H50Cl2N6O6S. The fraction of sp³-hybridized carbons (Fsp3) is 0.462. The van der Waals surface area contributed by atoms with Crippen LogP contribution in [0.1, 0.15) is 77.2 Å². The Morgan fingerprint density at radius 2 is 1.43 bits per heavy atom. The van der Waals surface area contributed by atoms with Crippen LogP contribution < -0.4 is 19.5 Å². The third-order valence-electron chi connectivity index (χ3n) is 8.76. The van der Waals surface area contributed by atoms with Crippen LogP contribution in [0.15, 0.2) is 70.6 Å². The van der Waals surface area contributed by atoms with Gasteiger partial charge in [-0.2, -0.15) is 0 Å². The molecule has 0 aliphatic carbocycles. The lowest BCUT2D eigenvalue weighted by atomic mass is 9.93. The molecule has 12 nitrogen and oxygen atoms in total. The number of carbonyl (C=O) groups excluding carboxylic acids is 2. The van der Waals surface area contributed by atoms with Crippen molar-refractivity contribution < 1.29 is 27.5 Å². The molecule has 1 fully saturated rings. The highest BCUT2D eigenvalue weighted by Gasteiger charge is 2.45. The summed E-state index contributed by atoms with van der Waals surface area (Å²) in [7, 11) is -2.75. The number of halogens is 2. The van der Waals surface area contributed by atoms with Crippen molar-refractivity contribution in [2.24, 2.45) is 4.99 Å². The van der Waals surface area contributed by atoms with E-state index in [1.165, 1.54) is 19.2 Å². The third-order valence-corrected chi connectivity index (χ3v) is 11.0. The van der Waals surface area contributed by atoms with Crippen LogP contribution in [-0.4, -0.2) is 98.4 Å². The molecule has 0 saturated carbocycles. The number of carbonyl (C=O) groups is 2. The minimum Gasteiger partial charge on any atom is -0.495 e. The second-order valence-electron chi connectivity index (χ2n) is 15.4. The maximum atomic E-state index is 15.1. The van der Waals surface area contributed by atoms with E-state index in [2.05, 4.69) is 10.0 Å². The van der Waals surface area contributed by atoms with Gasteiger partial charge in [-0.15, -0.1) is 0 Å². The predicted molar refractivity (Wildman–Crippen MR) is 212 cm³/mol. The average Bonchev–Trinajstić information content (AvgIpc) is 3.47. The highest BCUT2D eigenvalue weighted by Crippen LogP contribution is 2.46. The monoisotopic (exact) mass is 800 g/mol. The van der Waals surface area contributed by atoms with Gasteiger partial charge in [0.05, 0.1) is 31.9 Å². The van der Waals surface area contributed by atoms with Gasteiger partial charge in [-0.05, 0) is 89.9 Å². The van der Waals surface area contributed by atoms with Crippen molar-refractivity contribution in [1.82, 2.24) is 24.7 Å². The van der Waals surface area contributed by atoms with E-state index in [9.17, 15) is 13.2 Å². The molecule has 15 heteroatoms. The highest BCUT2D eigenvalue weighted by molar-refractivity contribution is 7.89. The molecule has 0 spiro atoms. The average molecular weight is 802 g/mol. The van der Waals surface area contributed by atoms with Gasteiger partial charge in [0.1, 0.15) is 28.3 Å². The maximum absolute atomic E-state index is 15.1. The number of benzene rings is 3. The molecule has 3 aromatic rings. The van der Waals surface area contributed by atoms with E-state index in [1.54, 1.807) is 54.8 Å². The van der Waals surface area contributed by atoms with Crippen molar-refractivity contribution >= 4 is 51.0 Å². The van der Waals surface area contributed by atoms with E-state index >= 15 is 4.79 Å². The Bertz CT molecular complexity index is 1970. The number of amidine groups is 1. The summed E-state index contributed by atoms with van der Waals surface area (Å²) in [5.74, 6) is 0.511. The number of hydrogen-bond acceptors (Lipinski definition) is 8. The fourth-order valence-electron chi connectivity index (χ4n) is 6.58. The van der Waals surface area contributed by atoms with Crippen LogP contribution in [0.3, 0.4) is 0 Å². The van der Waals surface area contributed by atoms with Crippen molar-refractivity contribution in [3.63, 3.8) is 0 Å². The highest BCUT2D eigenvalue weighted by atomic mass is 35.5. The van der Waals surface area contributed by atoms with Crippen molar-refractivity contribution in [3.8, 4) is 11.5 Å². The number of rotatable bonds is 10. The number of urea groups is 1. The lowest BCUT2D eigenvalue weighted by Crippen LogP contribution is -2.56. The topological polar surface area (TPSA) is 133 Å². The smallest absolute Gasteiger partial charge is 0.326 e. The van der Waals surface area contributed by atoms with Crippen LogP contribution >= 0.6 is 23.2 Å². The van der Waals surface area contributed by atoms with Gasteiger partial charge >= 0.3 is 6.03 Å². The lowest BCUT2D eigenvalue weighted by Gasteiger charge is -2.39. The van der Waals surface area contributed by atoms with E-state index in [-0.39, 0.29) is 47.1 Å². The van der Waals surface area contributed by atoms with Gasteiger partial charge in [0, 0.05) is 53.4 Å². The molecule has 292 valence electrons. The second-order valence-corrected chi connectivity index (χ2v) is 18.0. The van der Waals surface area contributed by atoms with Gasteiger partial charge in [0.15, 0.2) is 0 Å². The zero-order valence-electron chi connectivity index (χ0n) is 32.1. The van der Waals surface area contributed by atoms with E-state index in [0.717, 1.165) is 11.1 Å². The SMILES string of the molecule is CCOc1cc(OC)c(S(=O)(=O)NC(C)(C)C)cc1C1=N[C@@H](c2ccc(Cl)cc2)[C@@H](c2ccc(Cl)cc2)N1C(=O)N1CCN(CC(=O)NC(C)(C)C)CC1. The second kappa shape index (κ2) is 16.5. The predicted octanol–water partition coefficient (Wildman–Crippen LogP) is 6.67. The lowest BCUT2D eigenvalue weighted by molar-refractivity contribution is -0.124. The van der Waals surface area contributed by atoms with Gasteiger partial charge in [-0.25, -0.2) is 17.9 Å². The standard InChI is InChI=1S/C39H50Cl2N6O6S/c1-9-53-30-23-31(52-8)32(54(50,51)44-39(5,6)7)22-29(30)36-42-34(25-10-14-27(40)15-11-25)35(26-12-16-28(41)17-13-26)47(36)37(49)46-20-18-45(19-21-46)24-33(48)43-38(2,3)4/h10-17,22-23,34-35,44H,9,18-21,24H2,1-8H3,(H,43,48)/t34-,35+/m0/s1. The number of ether oxygens (including phenoxy) is 2. The first-order valence-corrected chi connectivity index (χ1v) is 20.1. The van der Waals surface area contributed by atoms with Crippen LogP contribution in [0.5, 0.6) is 11.5 Å². The zero-order chi connectivity index (χ0) is 39.6. The quantitative estimate of drug-likeness (QED) is 0.234. The summed E-state index contributed by atoms with van der Waals surface area (Å²) in [6.07, 6.45) is 0. The van der Waals surface area contributed by atoms with E-state index < -0.39 is 27.6 Å². The Kier molecular flexibility index (Phi) is 12.6. The number of hydrogen-bond donors (Lipinski definition) is 2. The first-order chi connectivity index (χ1) is 25.3. The summed E-state index contributed by atoms with van der Waals surface area (Å²) in [5.41, 5.74) is 0.688. The molecule has 3 aromatic carbocycles. The summed E-state index contributed by atoms with van der Waals surface area (Å²) in [5, 5.41) is 4.07. The summed E-state index contributed by atoms with van der Waals surface area (Å²) < 4.78 is 42.3. The Hall–Kier alpha value is -3.88. The van der Waals surface area contributed by atoms with E-state index in [4.69, 9.17) is 37.7 Å². The number of sulfonamides is 1. The molecule has 2 heterocycles. The summed E-state index contributed by atoms with van der Waals surface area (Å²) in [6.45, 7) is 15.0. The molecular weight excluding hydrogens is 751 g/mol. The minimum absolute atomic E-state index is 0.0746. The van der Waals surface area contributed by atoms with Crippen LogP contribution in [0.25, 0.3) is 0 Å². The van der Waals surface area contributed by atoms with Gasteiger partial charge in [-0.3, -0.25) is 19.6 Å². The number of methoxy groups -OCH3 is 1. The molecule has 0 aromatic heterocycles. The number of nitrogens with one attached hydrogen (secondary N) is 2. The number of piperazine rings is 1. The van der Waals surface area contributed by atoms with Crippen molar-refractivity contribution in [3.05, 3.63) is 87.4 Å². The normalized spacial score (nSPS) is 18.4. The molecule has 2 atom stereocenters. The van der Waals surface area contributed by atoms with Crippen molar-refractivity contribution in [2.45, 2.75) is 76.5 Å². The van der Waals surface area contributed by atoms with Gasteiger partial charge in [0.25, 0.3) is 0 Å². The van der Waals surface area contributed by atoms with Crippen molar-refractivity contribution in [1.29, 1.82) is 0 Å². The largest absolute Gasteiger partial charge is 0.495 e. The molecule has 3 amide bonds. The first-order valence-electron chi connectivity index (χ1n) is 17.9. The molecule has 54 heavy (non-hydrogen) atoms. The molecule has 5 rings (SSSR count). The fourth-order valence-corrected chi connectivity index (χ4v) is 8.43. The summed E-state index contributed by atoms with van der Waals surface area (Å²) in [4.78, 5) is 38.3. The minimum atomic E-state index is -4.14. The van der Waals surface area contributed by atoms with Crippen LogP contribution in [-0.2, 0) is 14.8 Å². The molecule has 0 radical (unpaired) electrons. The zero-order valence-corrected chi connectivity index (χ0v) is 34.4. The van der Waals surface area contributed by atoms with Gasteiger partial charge < -0.3 is 19.7 Å². The first kappa shape index (κ1) is 41.3. The van der Waals surface area contributed by atoms with Crippen molar-refractivity contribution in [2.75, 3.05) is 46.4 Å². The molecule has 2 aliphatic heterocycles. The summed E-state index contributed by atoms with van der Waals surface area (Å²) >= 11 is 12.7. The molecule has 2 aliphatic rings. The van der Waals surface area contributed by atoms with Crippen LogP contribution in [0.4, 0.5) is 4.79 Å². The van der Waals surface area contributed by atoms with Crippen LogP contribution in [0.2, 0.25) is 10.0 Å². The van der Waals surface area contributed by atoms with Gasteiger partial charge in [0.2, 0.25) is 15.9 Å². The Morgan fingerprint density at radius 1 is 0.852 bits per heavy atom. The molecule has 0 bridgehead atoms. The van der Waals surface area contributed by atoms with Gasteiger partial charge in [-0.1, -0.05) is 47.5 Å². The third kappa shape index (κ3) is 9.86. The van der Waals surface area contributed by atoms with E-state index in [1.807, 2.05) is 56.9 Å². The summed E-state index contributed by atoms with van der Waals surface area (Å²) in [6, 6.07) is 15.9. The Labute approximate surface area is 328 Å². The van der Waals surface area contributed by atoms with E-state index in [0.29, 0.717) is 47.5 Å². The number of amides is 3.